The van der Waals surface area contributed by atoms with Gasteiger partial charge in [0.2, 0.25) is 5.91 Å². The highest BCUT2D eigenvalue weighted by molar-refractivity contribution is 6.00. The van der Waals surface area contributed by atoms with Crippen molar-refractivity contribution >= 4 is 28.5 Å². The third kappa shape index (κ3) is 3.07. The predicted octanol–water partition coefficient (Wildman–Crippen LogP) is 3.43. The molecule has 138 valence electrons. The van der Waals surface area contributed by atoms with Crippen LogP contribution in [0.5, 0.6) is 0 Å². The van der Waals surface area contributed by atoms with Gasteiger partial charge in [0, 0.05) is 24.2 Å². The highest BCUT2D eigenvalue weighted by Gasteiger charge is 2.29. The van der Waals surface area contributed by atoms with E-state index < -0.39 is 0 Å². The number of imidazole rings is 1. The summed E-state index contributed by atoms with van der Waals surface area (Å²) in [5.74, 6) is 0.783. The second-order valence-corrected chi connectivity index (χ2v) is 6.69. The normalized spacial score (nSPS) is 15.6. The average Bonchev–Trinajstić information content (AvgIpc) is 3.18. The third-order valence-electron chi connectivity index (χ3n) is 5.02. The highest BCUT2D eigenvalue weighted by Crippen LogP contribution is 2.28. The van der Waals surface area contributed by atoms with Gasteiger partial charge in [-0.3, -0.25) is 9.59 Å². The maximum atomic E-state index is 12.5. The van der Waals surface area contributed by atoms with Crippen LogP contribution in [0.4, 0.5) is 5.69 Å². The number of amides is 2. The zero-order valence-corrected chi connectivity index (χ0v) is 15.5. The minimum Gasteiger partial charge on any atom is -0.345 e. The van der Waals surface area contributed by atoms with Crippen molar-refractivity contribution in [3.63, 3.8) is 0 Å². The zero-order chi connectivity index (χ0) is 19.0. The van der Waals surface area contributed by atoms with E-state index in [1.165, 1.54) is 0 Å². The number of rotatable bonds is 5. The summed E-state index contributed by atoms with van der Waals surface area (Å²) in [7, 11) is 0. The number of fused-ring (bicyclic) bond motifs is 2. The Balaban J connectivity index is 1.51. The maximum Gasteiger partial charge on any atom is 0.252 e. The van der Waals surface area contributed by atoms with Crippen LogP contribution in [0.2, 0.25) is 0 Å². The molecule has 3 aromatic rings. The molecule has 0 saturated carbocycles. The molecule has 2 aromatic carbocycles. The Morgan fingerprint density at radius 2 is 2.04 bits per heavy atom. The van der Waals surface area contributed by atoms with Gasteiger partial charge in [-0.15, -0.1) is 0 Å². The Kier molecular flexibility index (Phi) is 4.39. The molecule has 0 saturated heterocycles. The summed E-state index contributed by atoms with van der Waals surface area (Å²) in [5.41, 5.74) is 4.19. The van der Waals surface area contributed by atoms with Crippen molar-refractivity contribution in [3.05, 3.63) is 59.4 Å². The standard InChI is InChI=1S/C21H22N4O2/c1-3-19-23-17-11-13(9-10-18(17)25(19)4-2)22-20(26)12-16-14-7-5-6-8-15(14)21(27)24-16/h5-11,16H,3-4,12H2,1-2H3,(H,22,26)(H,24,27). The summed E-state index contributed by atoms with van der Waals surface area (Å²) in [5, 5.41) is 5.81. The average molecular weight is 362 g/mol. The fraction of sp³-hybridized carbons (Fsp3) is 0.286. The number of hydrogen-bond donors (Lipinski definition) is 2. The molecule has 0 spiro atoms. The molecule has 1 atom stereocenters. The van der Waals surface area contributed by atoms with Crippen LogP contribution in [0.15, 0.2) is 42.5 Å². The molecule has 2 amide bonds. The third-order valence-corrected chi connectivity index (χ3v) is 5.02. The molecule has 1 aromatic heterocycles. The lowest BCUT2D eigenvalue weighted by Gasteiger charge is -2.12. The van der Waals surface area contributed by atoms with Gasteiger partial charge < -0.3 is 15.2 Å². The van der Waals surface area contributed by atoms with Crippen LogP contribution in [-0.2, 0) is 17.8 Å². The Labute approximate surface area is 157 Å². The minimum absolute atomic E-state index is 0.123. The predicted molar refractivity (Wildman–Crippen MR) is 105 cm³/mol. The van der Waals surface area contributed by atoms with E-state index in [1.54, 1.807) is 6.07 Å². The quantitative estimate of drug-likeness (QED) is 0.730. The van der Waals surface area contributed by atoms with Gasteiger partial charge in [-0.1, -0.05) is 25.1 Å². The molecule has 1 aliphatic heterocycles. The number of nitrogens with zero attached hydrogens (tertiary/aromatic N) is 2. The van der Waals surface area contributed by atoms with Crippen molar-refractivity contribution in [1.29, 1.82) is 0 Å². The van der Waals surface area contributed by atoms with E-state index in [1.807, 2.05) is 36.4 Å². The van der Waals surface area contributed by atoms with E-state index in [0.29, 0.717) is 11.3 Å². The van der Waals surface area contributed by atoms with Crippen LogP contribution in [-0.4, -0.2) is 21.4 Å². The first-order chi connectivity index (χ1) is 13.1. The van der Waals surface area contributed by atoms with Gasteiger partial charge in [-0.2, -0.15) is 0 Å². The summed E-state index contributed by atoms with van der Waals surface area (Å²) < 4.78 is 2.19. The highest BCUT2D eigenvalue weighted by atomic mass is 16.2. The molecule has 6 nitrogen and oxygen atoms in total. The van der Waals surface area contributed by atoms with Gasteiger partial charge >= 0.3 is 0 Å². The molecule has 4 rings (SSSR count). The van der Waals surface area contributed by atoms with E-state index in [-0.39, 0.29) is 24.3 Å². The SMILES string of the molecule is CCc1nc2cc(NC(=O)CC3NC(=O)c4ccccc43)ccc2n1CC. The van der Waals surface area contributed by atoms with Crippen molar-refractivity contribution in [1.82, 2.24) is 14.9 Å². The molecule has 6 heteroatoms. The second kappa shape index (κ2) is 6.87. The lowest BCUT2D eigenvalue weighted by Crippen LogP contribution is -2.24. The minimum atomic E-state index is -0.288. The lowest BCUT2D eigenvalue weighted by molar-refractivity contribution is -0.116. The molecule has 1 aliphatic rings. The molecule has 27 heavy (non-hydrogen) atoms. The van der Waals surface area contributed by atoms with Crippen LogP contribution < -0.4 is 10.6 Å². The first kappa shape index (κ1) is 17.3. The van der Waals surface area contributed by atoms with Crippen LogP contribution in [0, 0.1) is 0 Å². The number of carbonyl (C=O) groups excluding carboxylic acids is 2. The Hall–Kier alpha value is -3.15. The largest absolute Gasteiger partial charge is 0.345 e. The topological polar surface area (TPSA) is 76.0 Å². The first-order valence-corrected chi connectivity index (χ1v) is 9.29. The Morgan fingerprint density at radius 3 is 2.81 bits per heavy atom. The van der Waals surface area contributed by atoms with Crippen LogP contribution >= 0.6 is 0 Å². The number of aryl methyl sites for hydroxylation is 2. The molecule has 1 unspecified atom stereocenters. The summed E-state index contributed by atoms with van der Waals surface area (Å²) >= 11 is 0. The number of carbonyl (C=O) groups is 2. The summed E-state index contributed by atoms with van der Waals surface area (Å²) in [6.45, 7) is 5.06. The van der Waals surface area contributed by atoms with Crippen LogP contribution in [0.3, 0.4) is 0 Å². The Bertz CT molecular complexity index is 1040. The van der Waals surface area contributed by atoms with Crippen molar-refractivity contribution in [3.8, 4) is 0 Å². The second-order valence-electron chi connectivity index (χ2n) is 6.69. The van der Waals surface area contributed by atoms with E-state index in [4.69, 9.17) is 0 Å². The van der Waals surface area contributed by atoms with E-state index >= 15 is 0 Å². The number of benzene rings is 2. The molecule has 0 radical (unpaired) electrons. The smallest absolute Gasteiger partial charge is 0.252 e. The number of anilines is 1. The Morgan fingerprint density at radius 1 is 1.22 bits per heavy atom. The summed E-state index contributed by atoms with van der Waals surface area (Å²) in [6.07, 6.45) is 1.06. The molecule has 0 bridgehead atoms. The van der Waals surface area contributed by atoms with Gasteiger partial charge in [-0.25, -0.2) is 4.98 Å². The number of hydrogen-bond acceptors (Lipinski definition) is 3. The molecular weight excluding hydrogens is 340 g/mol. The fourth-order valence-electron chi connectivity index (χ4n) is 3.76. The first-order valence-electron chi connectivity index (χ1n) is 9.29. The monoisotopic (exact) mass is 362 g/mol. The van der Waals surface area contributed by atoms with E-state index in [0.717, 1.165) is 35.4 Å². The molecule has 0 fully saturated rings. The van der Waals surface area contributed by atoms with Crippen molar-refractivity contribution in [2.45, 2.75) is 39.3 Å². The van der Waals surface area contributed by atoms with Gasteiger partial charge in [0.1, 0.15) is 5.82 Å². The van der Waals surface area contributed by atoms with Crippen LogP contribution in [0.1, 0.15) is 48.1 Å². The van der Waals surface area contributed by atoms with Crippen LogP contribution in [0.25, 0.3) is 11.0 Å². The van der Waals surface area contributed by atoms with Gasteiger partial charge in [0.05, 0.1) is 23.5 Å². The molecule has 2 heterocycles. The number of nitrogens with one attached hydrogen (secondary N) is 2. The van der Waals surface area contributed by atoms with Gasteiger partial charge in [0.15, 0.2) is 0 Å². The summed E-state index contributed by atoms with van der Waals surface area (Å²) in [6, 6.07) is 12.9. The summed E-state index contributed by atoms with van der Waals surface area (Å²) in [4.78, 5) is 29.2. The molecular formula is C21H22N4O2. The van der Waals surface area contributed by atoms with Crippen molar-refractivity contribution in [2.75, 3.05) is 5.32 Å². The zero-order valence-electron chi connectivity index (χ0n) is 15.5. The van der Waals surface area contributed by atoms with Gasteiger partial charge in [0.25, 0.3) is 5.91 Å². The van der Waals surface area contributed by atoms with Gasteiger partial charge in [-0.05, 0) is 36.8 Å². The molecule has 2 N–H and O–H groups in total. The van der Waals surface area contributed by atoms with Crippen molar-refractivity contribution in [2.24, 2.45) is 0 Å². The lowest BCUT2D eigenvalue weighted by atomic mass is 10.0. The van der Waals surface area contributed by atoms with E-state index in [2.05, 4.69) is 34.0 Å². The number of aromatic nitrogens is 2. The molecule has 0 aliphatic carbocycles. The fourth-order valence-corrected chi connectivity index (χ4v) is 3.76. The van der Waals surface area contributed by atoms with E-state index in [9.17, 15) is 9.59 Å². The maximum absolute atomic E-state index is 12.5. The van der Waals surface area contributed by atoms with Crippen molar-refractivity contribution < 1.29 is 9.59 Å².